The summed E-state index contributed by atoms with van der Waals surface area (Å²) in [6, 6.07) is 11.2. The van der Waals surface area contributed by atoms with Crippen LogP contribution in [0.25, 0.3) is 0 Å². The monoisotopic (exact) mass is 357 g/mol. The molecule has 0 saturated carbocycles. The molecule has 2 aromatic carbocycles. The highest BCUT2D eigenvalue weighted by Crippen LogP contribution is 2.33. The minimum atomic E-state index is -0.0479. The quantitative estimate of drug-likeness (QED) is 0.796. The van der Waals surface area contributed by atoms with Gasteiger partial charge in [-0.3, -0.25) is 4.79 Å². The van der Waals surface area contributed by atoms with Gasteiger partial charge in [0.05, 0.1) is 21.3 Å². The summed E-state index contributed by atoms with van der Waals surface area (Å²) >= 11 is 0. The zero-order chi connectivity index (χ0) is 18.5. The molecule has 2 aromatic rings. The lowest BCUT2D eigenvalue weighted by Gasteiger charge is -2.29. The Bertz CT molecular complexity index is 790. The van der Waals surface area contributed by atoms with Crippen molar-refractivity contribution in [3.05, 3.63) is 47.5 Å². The summed E-state index contributed by atoms with van der Waals surface area (Å²) in [5, 5.41) is 0. The van der Waals surface area contributed by atoms with Crippen LogP contribution < -0.4 is 18.9 Å². The number of hydrogen-bond donors (Lipinski definition) is 0. The van der Waals surface area contributed by atoms with E-state index in [4.69, 9.17) is 18.9 Å². The molecule has 1 aliphatic rings. The van der Waals surface area contributed by atoms with E-state index in [0.717, 1.165) is 12.0 Å². The van der Waals surface area contributed by atoms with E-state index in [0.29, 0.717) is 36.1 Å². The van der Waals surface area contributed by atoms with Crippen molar-refractivity contribution in [2.75, 3.05) is 34.5 Å². The zero-order valence-corrected chi connectivity index (χ0v) is 15.3. The summed E-state index contributed by atoms with van der Waals surface area (Å²) in [5.41, 5.74) is 2.25. The summed E-state index contributed by atoms with van der Waals surface area (Å²) in [7, 11) is 4.83. The SMILES string of the molecule is COc1cccc(OCC(=O)N2CCc3cc(OC)c(OC)cc3C2)c1. The molecule has 26 heavy (non-hydrogen) atoms. The van der Waals surface area contributed by atoms with Gasteiger partial charge in [0.1, 0.15) is 11.5 Å². The van der Waals surface area contributed by atoms with Crippen molar-refractivity contribution in [1.29, 1.82) is 0 Å². The highest BCUT2D eigenvalue weighted by atomic mass is 16.5. The van der Waals surface area contributed by atoms with Crippen LogP contribution in [0.4, 0.5) is 0 Å². The van der Waals surface area contributed by atoms with Crippen molar-refractivity contribution in [3.63, 3.8) is 0 Å². The van der Waals surface area contributed by atoms with Crippen LogP contribution in [-0.4, -0.2) is 45.3 Å². The number of methoxy groups -OCH3 is 3. The first-order valence-corrected chi connectivity index (χ1v) is 8.43. The Labute approximate surface area is 153 Å². The van der Waals surface area contributed by atoms with Gasteiger partial charge in [0.2, 0.25) is 0 Å². The summed E-state index contributed by atoms with van der Waals surface area (Å²) in [6.45, 7) is 1.19. The Morgan fingerprint density at radius 3 is 2.35 bits per heavy atom. The number of carbonyl (C=O) groups is 1. The highest BCUT2D eigenvalue weighted by molar-refractivity contribution is 5.78. The largest absolute Gasteiger partial charge is 0.497 e. The van der Waals surface area contributed by atoms with Gasteiger partial charge in [-0.15, -0.1) is 0 Å². The van der Waals surface area contributed by atoms with Crippen LogP contribution in [0.15, 0.2) is 36.4 Å². The number of ether oxygens (including phenoxy) is 4. The summed E-state index contributed by atoms with van der Waals surface area (Å²) in [4.78, 5) is 14.3. The molecule has 3 rings (SSSR count). The van der Waals surface area contributed by atoms with E-state index in [1.165, 1.54) is 5.56 Å². The minimum absolute atomic E-state index is 0.00418. The Kier molecular flexibility index (Phi) is 5.51. The fraction of sp³-hybridized carbons (Fsp3) is 0.350. The molecular weight excluding hydrogens is 334 g/mol. The third-order valence-electron chi connectivity index (χ3n) is 4.47. The van der Waals surface area contributed by atoms with E-state index in [9.17, 15) is 4.79 Å². The molecule has 0 aromatic heterocycles. The molecular formula is C20H23NO5. The van der Waals surface area contributed by atoms with E-state index >= 15 is 0 Å². The second-order valence-corrected chi connectivity index (χ2v) is 6.01. The highest BCUT2D eigenvalue weighted by Gasteiger charge is 2.23. The molecule has 1 heterocycles. The first kappa shape index (κ1) is 17.9. The Morgan fingerprint density at radius 1 is 0.962 bits per heavy atom. The predicted octanol–water partition coefficient (Wildman–Crippen LogP) is 2.68. The molecule has 138 valence electrons. The lowest BCUT2D eigenvalue weighted by Crippen LogP contribution is -2.38. The van der Waals surface area contributed by atoms with Crippen LogP contribution in [0.3, 0.4) is 0 Å². The molecule has 0 saturated heterocycles. The van der Waals surface area contributed by atoms with Crippen molar-refractivity contribution in [3.8, 4) is 23.0 Å². The molecule has 0 unspecified atom stereocenters. The first-order chi connectivity index (χ1) is 12.6. The standard InChI is InChI=1S/C20H23NO5/c1-23-16-5-4-6-17(11-16)26-13-20(22)21-8-7-14-9-18(24-2)19(25-3)10-15(14)12-21/h4-6,9-11H,7-8,12-13H2,1-3H3. The number of benzene rings is 2. The topological polar surface area (TPSA) is 57.2 Å². The van der Waals surface area contributed by atoms with Crippen molar-refractivity contribution in [2.24, 2.45) is 0 Å². The summed E-state index contributed by atoms with van der Waals surface area (Å²) in [6.07, 6.45) is 0.778. The van der Waals surface area contributed by atoms with Crippen LogP contribution >= 0.6 is 0 Å². The maximum Gasteiger partial charge on any atom is 0.260 e. The number of rotatable bonds is 6. The van der Waals surface area contributed by atoms with Gasteiger partial charge < -0.3 is 23.8 Å². The predicted molar refractivity (Wildman–Crippen MR) is 97.2 cm³/mol. The molecule has 6 nitrogen and oxygen atoms in total. The average molecular weight is 357 g/mol. The molecule has 6 heteroatoms. The van der Waals surface area contributed by atoms with E-state index in [1.54, 1.807) is 38.4 Å². The molecule has 0 fully saturated rings. The van der Waals surface area contributed by atoms with Crippen LogP contribution in [0.2, 0.25) is 0 Å². The first-order valence-electron chi connectivity index (χ1n) is 8.43. The van der Waals surface area contributed by atoms with E-state index in [-0.39, 0.29) is 12.5 Å². The molecule has 0 N–H and O–H groups in total. The number of nitrogens with zero attached hydrogens (tertiary/aromatic N) is 1. The van der Waals surface area contributed by atoms with Crippen LogP contribution in [-0.2, 0) is 17.8 Å². The fourth-order valence-electron chi connectivity index (χ4n) is 3.02. The zero-order valence-electron chi connectivity index (χ0n) is 15.3. The number of fused-ring (bicyclic) bond motifs is 1. The summed E-state index contributed by atoms with van der Waals surface area (Å²) < 4.78 is 21.5. The van der Waals surface area contributed by atoms with Gasteiger partial charge in [0.25, 0.3) is 5.91 Å². The maximum absolute atomic E-state index is 12.5. The van der Waals surface area contributed by atoms with Crippen molar-refractivity contribution >= 4 is 5.91 Å². The lowest BCUT2D eigenvalue weighted by molar-refractivity contribution is -0.134. The van der Waals surface area contributed by atoms with Crippen molar-refractivity contribution in [1.82, 2.24) is 4.90 Å². The second kappa shape index (κ2) is 7.99. The van der Waals surface area contributed by atoms with Gasteiger partial charge >= 0.3 is 0 Å². The second-order valence-electron chi connectivity index (χ2n) is 6.01. The maximum atomic E-state index is 12.5. The van der Waals surface area contributed by atoms with Gasteiger partial charge in [-0.2, -0.15) is 0 Å². The normalized spacial score (nSPS) is 13.0. The van der Waals surface area contributed by atoms with Crippen LogP contribution in [0.1, 0.15) is 11.1 Å². The number of hydrogen-bond acceptors (Lipinski definition) is 5. The summed E-state index contributed by atoms with van der Waals surface area (Å²) in [5.74, 6) is 2.65. The number of carbonyl (C=O) groups excluding carboxylic acids is 1. The molecule has 1 amide bonds. The minimum Gasteiger partial charge on any atom is -0.497 e. The van der Waals surface area contributed by atoms with Gasteiger partial charge in [0.15, 0.2) is 18.1 Å². The Hall–Kier alpha value is -2.89. The third kappa shape index (κ3) is 3.85. The van der Waals surface area contributed by atoms with Gasteiger partial charge in [-0.05, 0) is 41.8 Å². The molecule has 0 radical (unpaired) electrons. The van der Waals surface area contributed by atoms with Crippen molar-refractivity contribution < 1.29 is 23.7 Å². The van der Waals surface area contributed by atoms with Crippen molar-refractivity contribution in [2.45, 2.75) is 13.0 Å². The van der Waals surface area contributed by atoms with Gasteiger partial charge in [0, 0.05) is 19.2 Å². The average Bonchev–Trinajstić information content (AvgIpc) is 2.70. The van der Waals surface area contributed by atoms with Gasteiger partial charge in [-0.1, -0.05) is 6.07 Å². The van der Waals surface area contributed by atoms with E-state index in [1.807, 2.05) is 24.3 Å². The van der Waals surface area contributed by atoms with Crippen LogP contribution in [0, 0.1) is 0 Å². The van der Waals surface area contributed by atoms with E-state index < -0.39 is 0 Å². The lowest BCUT2D eigenvalue weighted by atomic mass is 9.99. The smallest absolute Gasteiger partial charge is 0.260 e. The van der Waals surface area contributed by atoms with Crippen LogP contribution in [0.5, 0.6) is 23.0 Å². The van der Waals surface area contributed by atoms with E-state index in [2.05, 4.69) is 0 Å². The van der Waals surface area contributed by atoms with Gasteiger partial charge in [-0.25, -0.2) is 0 Å². The molecule has 0 aliphatic carbocycles. The number of amides is 1. The Morgan fingerprint density at radius 2 is 1.65 bits per heavy atom. The molecule has 0 atom stereocenters. The molecule has 0 bridgehead atoms. The molecule has 1 aliphatic heterocycles. The fourth-order valence-corrected chi connectivity index (χ4v) is 3.02. The molecule has 0 spiro atoms. The third-order valence-corrected chi connectivity index (χ3v) is 4.47. The Balaban J connectivity index is 1.65.